The molecule has 1 aromatic rings. The predicted molar refractivity (Wildman–Crippen MR) is 81.1 cm³/mol. The van der Waals surface area contributed by atoms with Crippen LogP contribution in [0.1, 0.15) is 38.2 Å². The standard InChI is InChI=1S/C15H21N3O3/c1-2-16-13-10-12(7-8-14(13)18(20)21)11-17-9-5-3-4-6-15(17)19/h7-8,10,16H,2-6,9,11H2,1H3. The predicted octanol–water partition coefficient (Wildman–Crippen LogP) is 2.93. The second kappa shape index (κ2) is 7.06. The molecule has 1 saturated heterocycles. The van der Waals surface area contributed by atoms with Crippen molar-refractivity contribution in [3.05, 3.63) is 33.9 Å². The SMILES string of the molecule is CCNc1cc(CN2CCCCCC2=O)ccc1[N+](=O)[O-]. The Bertz CT molecular complexity index is 531. The number of nitro groups is 1. The quantitative estimate of drug-likeness (QED) is 0.668. The lowest BCUT2D eigenvalue weighted by Crippen LogP contribution is -2.29. The zero-order valence-corrected chi connectivity index (χ0v) is 12.3. The van der Waals surface area contributed by atoms with E-state index in [9.17, 15) is 14.9 Å². The van der Waals surface area contributed by atoms with Crippen molar-refractivity contribution in [1.29, 1.82) is 0 Å². The third kappa shape index (κ3) is 3.93. The van der Waals surface area contributed by atoms with E-state index in [0.29, 0.717) is 25.2 Å². The number of nitrogens with zero attached hydrogens (tertiary/aromatic N) is 2. The summed E-state index contributed by atoms with van der Waals surface area (Å²) in [4.78, 5) is 24.5. The van der Waals surface area contributed by atoms with E-state index in [1.54, 1.807) is 12.1 Å². The third-order valence-electron chi connectivity index (χ3n) is 3.67. The van der Waals surface area contributed by atoms with Gasteiger partial charge in [0.1, 0.15) is 5.69 Å². The van der Waals surface area contributed by atoms with E-state index in [1.807, 2.05) is 11.8 Å². The largest absolute Gasteiger partial charge is 0.380 e. The molecule has 1 amide bonds. The van der Waals surface area contributed by atoms with Crippen LogP contribution >= 0.6 is 0 Å². The Hall–Kier alpha value is -2.11. The Labute approximate surface area is 124 Å². The number of anilines is 1. The van der Waals surface area contributed by atoms with Crippen LogP contribution in [0.5, 0.6) is 0 Å². The first-order valence-corrected chi connectivity index (χ1v) is 7.40. The summed E-state index contributed by atoms with van der Waals surface area (Å²) in [6.45, 7) is 3.81. The Morgan fingerprint density at radius 3 is 2.86 bits per heavy atom. The van der Waals surface area contributed by atoms with E-state index in [0.717, 1.165) is 31.4 Å². The van der Waals surface area contributed by atoms with Crippen molar-refractivity contribution in [2.45, 2.75) is 39.2 Å². The number of hydrogen-bond acceptors (Lipinski definition) is 4. The van der Waals surface area contributed by atoms with E-state index in [4.69, 9.17) is 0 Å². The van der Waals surface area contributed by atoms with Crippen LogP contribution in [0.2, 0.25) is 0 Å². The Kier molecular flexibility index (Phi) is 5.14. The number of carbonyl (C=O) groups is 1. The molecule has 1 heterocycles. The van der Waals surface area contributed by atoms with Gasteiger partial charge in [-0.1, -0.05) is 12.5 Å². The second-order valence-electron chi connectivity index (χ2n) is 5.26. The Morgan fingerprint density at radius 1 is 1.33 bits per heavy atom. The molecule has 114 valence electrons. The molecule has 2 rings (SSSR count). The molecule has 0 unspecified atom stereocenters. The van der Waals surface area contributed by atoms with E-state index >= 15 is 0 Å². The molecule has 1 aliphatic heterocycles. The van der Waals surface area contributed by atoms with Gasteiger partial charge in [-0.2, -0.15) is 0 Å². The van der Waals surface area contributed by atoms with Crippen molar-refractivity contribution in [1.82, 2.24) is 4.90 Å². The Balaban J connectivity index is 2.17. The molecule has 0 saturated carbocycles. The van der Waals surface area contributed by atoms with Crippen LogP contribution in [0.4, 0.5) is 11.4 Å². The number of nitro benzene ring substituents is 1. The van der Waals surface area contributed by atoms with E-state index in [1.165, 1.54) is 6.07 Å². The van der Waals surface area contributed by atoms with Crippen LogP contribution < -0.4 is 5.32 Å². The highest BCUT2D eigenvalue weighted by Crippen LogP contribution is 2.26. The van der Waals surface area contributed by atoms with Crippen LogP contribution in [0.3, 0.4) is 0 Å². The van der Waals surface area contributed by atoms with Crippen LogP contribution in [-0.2, 0) is 11.3 Å². The molecule has 1 aromatic carbocycles. The highest BCUT2D eigenvalue weighted by atomic mass is 16.6. The molecular weight excluding hydrogens is 270 g/mol. The molecule has 21 heavy (non-hydrogen) atoms. The average Bonchev–Trinajstić information content (AvgIpc) is 2.64. The van der Waals surface area contributed by atoms with Crippen molar-refractivity contribution >= 4 is 17.3 Å². The summed E-state index contributed by atoms with van der Waals surface area (Å²) in [5.41, 5.74) is 1.51. The van der Waals surface area contributed by atoms with E-state index < -0.39 is 4.92 Å². The number of nitrogens with one attached hydrogen (secondary N) is 1. The molecule has 6 nitrogen and oxygen atoms in total. The molecular formula is C15H21N3O3. The summed E-state index contributed by atoms with van der Waals surface area (Å²) in [5, 5.41) is 14.0. The van der Waals surface area contributed by atoms with Gasteiger partial charge in [0, 0.05) is 32.1 Å². The fourth-order valence-electron chi connectivity index (χ4n) is 2.60. The summed E-state index contributed by atoms with van der Waals surface area (Å²) >= 11 is 0. The monoisotopic (exact) mass is 291 g/mol. The molecule has 0 bridgehead atoms. The second-order valence-corrected chi connectivity index (χ2v) is 5.26. The summed E-state index contributed by atoms with van der Waals surface area (Å²) in [6, 6.07) is 5.02. The van der Waals surface area contributed by atoms with Gasteiger partial charge in [-0.3, -0.25) is 14.9 Å². The number of hydrogen-bond donors (Lipinski definition) is 1. The normalized spacial score (nSPS) is 15.7. The number of likely N-dealkylation sites (tertiary alicyclic amines) is 1. The fourth-order valence-corrected chi connectivity index (χ4v) is 2.60. The lowest BCUT2D eigenvalue weighted by molar-refractivity contribution is -0.384. The summed E-state index contributed by atoms with van der Waals surface area (Å²) in [6.07, 6.45) is 3.68. The van der Waals surface area contributed by atoms with Crippen molar-refractivity contribution in [2.75, 3.05) is 18.4 Å². The molecule has 0 aliphatic carbocycles. The maximum absolute atomic E-state index is 12.0. The molecule has 1 aliphatic rings. The lowest BCUT2D eigenvalue weighted by atomic mass is 10.1. The van der Waals surface area contributed by atoms with Gasteiger partial charge in [-0.15, -0.1) is 0 Å². The van der Waals surface area contributed by atoms with Crippen LogP contribution in [0.25, 0.3) is 0 Å². The minimum atomic E-state index is -0.390. The van der Waals surface area contributed by atoms with Gasteiger partial charge in [0.2, 0.25) is 5.91 Å². The maximum Gasteiger partial charge on any atom is 0.292 e. The van der Waals surface area contributed by atoms with Gasteiger partial charge in [0.05, 0.1) is 4.92 Å². The molecule has 0 aromatic heterocycles. The molecule has 1 N–H and O–H groups in total. The van der Waals surface area contributed by atoms with Gasteiger partial charge < -0.3 is 10.2 Å². The third-order valence-corrected chi connectivity index (χ3v) is 3.67. The summed E-state index contributed by atoms with van der Waals surface area (Å²) in [7, 11) is 0. The van der Waals surface area contributed by atoms with Gasteiger partial charge in [0.15, 0.2) is 0 Å². The topological polar surface area (TPSA) is 75.5 Å². The Morgan fingerprint density at radius 2 is 2.14 bits per heavy atom. The number of amides is 1. The maximum atomic E-state index is 12.0. The van der Waals surface area contributed by atoms with Gasteiger partial charge in [-0.05, 0) is 31.4 Å². The van der Waals surface area contributed by atoms with E-state index in [2.05, 4.69) is 5.32 Å². The minimum absolute atomic E-state index is 0.0720. The van der Waals surface area contributed by atoms with Crippen molar-refractivity contribution < 1.29 is 9.72 Å². The number of rotatable bonds is 5. The average molecular weight is 291 g/mol. The summed E-state index contributed by atoms with van der Waals surface area (Å²) in [5.74, 6) is 0.177. The first kappa shape index (κ1) is 15.3. The fraction of sp³-hybridized carbons (Fsp3) is 0.533. The first-order valence-electron chi connectivity index (χ1n) is 7.40. The lowest BCUT2D eigenvalue weighted by Gasteiger charge is -2.21. The molecule has 0 radical (unpaired) electrons. The van der Waals surface area contributed by atoms with E-state index in [-0.39, 0.29) is 11.6 Å². The number of benzene rings is 1. The molecule has 0 atom stereocenters. The van der Waals surface area contributed by atoms with Crippen LogP contribution in [-0.4, -0.2) is 28.8 Å². The zero-order chi connectivity index (χ0) is 15.2. The minimum Gasteiger partial charge on any atom is -0.380 e. The first-order chi connectivity index (χ1) is 10.1. The highest BCUT2D eigenvalue weighted by molar-refractivity contribution is 5.76. The van der Waals surface area contributed by atoms with Gasteiger partial charge >= 0.3 is 0 Å². The van der Waals surface area contributed by atoms with Crippen LogP contribution in [0, 0.1) is 10.1 Å². The van der Waals surface area contributed by atoms with Gasteiger partial charge in [0.25, 0.3) is 5.69 Å². The van der Waals surface area contributed by atoms with Crippen LogP contribution in [0.15, 0.2) is 18.2 Å². The van der Waals surface area contributed by atoms with Gasteiger partial charge in [-0.25, -0.2) is 0 Å². The van der Waals surface area contributed by atoms with Crippen molar-refractivity contribution in [3.63, 3.8) is 0 Å². The molecule has 1 fully saturated rings. The zero-order valence-electron chi connectivity index (χ0n) is 12.3. The smallest absolute Gasteiger partial charge is 0.292 e. The molecule has 0 spiro atoms. The molecule has 6 heteroatoms. The summed E-state index contributed by atoms with van der Waals surface area (Å²) < 4.78 is 0. The van der Waals surface area contributed by atoms with Crippen molar-refractivity contribution in [3.8, 4) is 0 Å². The highest BCUT2D eigenvalue weighted by Gasteiger charge is 2.19. The van der Waals surface area contributed by atoms with Crippen molar-refractivity contribution in [2.24, 2.45) is 0 Å². The number of carbonyl (C=O) groups excluding carboxylic acids is 1.